The summed E-state index contributed by atoms with van der Waals surface area (Å²) >= 11 is 0. The first-order valence-electron chi connectivity index (χ1n) is 8.08. The van der Waals surface area contributed by atoms with Gasteiger partial charge in [0.15, 0.2) is 0 Å². The number of pyridine rings is 1. The first-order chi connectivity index (χ1) is 12.1. The van der Waals surface area contributed by atoms with Crippen LogP contribution in [-0.4, -0.2) is 36.5 Å². The molecule has 0 aliphatic heterocycles. The van der Waals surface area contributed by atoms with Gasteiger partial charge in [-0.25, -0.2) is 13.4 Å². The predicted molar refractivity (Wildman–Crippen MR) is 103 cm³/mol. The van der Waals surface area contributed by atoms with E-state index in [1.54, 1.807) is 12.1 Å². The van der Waals surface area contributed by atoms with Gasteiger partial charge in [-0.05, 0) is 44.5 Å². The van der Waals surface area contributed by atoms with E-state index in [1.807, 2.05) is 38.6 Å². The number of aryl methyl sites for hydroxylation is 3. The molecule has 0 atom stereocenters. The molecule has 0 saturated heterocycles. The lowest BCUT2D eigenvalue weighted by Gasteiger charge is -2.13. The molecule has 3 aromatic rings. The highest BCUT2D eigenvalue weighted by molar-refractivity contribution is 7.92. The Kier molecular flexibility index (Phi) is 4.39. The van der Waals surface area contributed by atoms with Crippen LogP contribution in [0.5, 0.6) is 5.75 Å². The summed E-state index contributed by atoms with van der Waals surface area (Å²) in [7, 11) is -0.0225. The molecule has 8 heteroatoms. The van der Waals surface area contributed by atoms with Crippen LogP contribution in [0.1, 0.15) is 17.0 Å². The predicted octanol–water partition coefficient (Wildman–Crippen LogP) is 2.94. The molecule has 2 aromatic heterocycles. The number of hydrogen-bond acceptors (Lipinski definition) is 5. The van der Waals surface area contributed by atoms with Crippen LogP contribution < -0.4 is 9.46 Å². The minimum atomic E-state index is -3.43. The van der Waals surface area contributed by atoms with Gasteiger partial charge in [0.25, 0.3) is 0 Å². The van der Waals surface area contributed by atoms with Crippen LogP contribution >= 0.6 is 0 Å². The fourth-order valence-electron chi connectivity index (χ4n) is 3.14. The third-order valence-corrected chi connectivity index (χ3v) is 4.99. The van der Waals surface area contributed by atoms with Crippen LogP contribution in [0, 0.1) is 20.8 Å². The number of hydrogen-bond donors (Lipinski definition) is 1. The summed E-state index contributed by atoms with van der Waals surface area (Å²) in [5.41, 5.74) is 5.81. The van der Waals surface area contributed by atoms with E-state index in [9.17, 15) is 8.42 Å². The van der Waals surface area contributed by atoms with Crippen LogP contribution in [0.15, 0.2) is 18.2 Å². The number of fused-ring (bicyclic) bond motifs is 1. The summed E-state index contributed by atoms with van der Waals surface area (Å²) in [6.45, 7) is 5.95. The number of benzene rings is 1. The van der Waals surface area contributed by atoms with Crippen molar-refractivity contribution in [3.8, 4) is 17.0 Å². The summed E-state index contributed by atoms with van der Waals surface area (Å²) in [5, 5.41) is 5.36. The molecule has 0 bridgehead atoms. The number of sulfonamides is 1. The Morgan fingerprint density at radius 1 is 1.15 bits per heavy atom. The molecule has 0 spiro atoms. The molecule has 0 fully saturated rings. The number of nitrogens with zero attached hydrogens (tertiary/aromatic N) is 3. The van der Waals surface area contributed by atoms with Crippen LogP contribution in [0.4, 0.5) is 5.69 Å². The van der Waals surface area contributed by atoms with Gasteiger partial charge in [0.05, 0.1) is 36.0 Å². The van der Waals surface area contributed by atoms with E-state index in [-0.39, 0.29) is 0 Å². The molecule has 0 saturated carbocycles. The van der Waals surface area contributed by atoms with Crippen molar-refractivity contribution in [2.24, 2.45) is 7.05 Å². The van der Waals surface area contributed by atoms with Gasteiger partial charge in [0, 0.05) is 23.7 Å². The number of anilines is 1. The molecule has 7 nitrogen and oxygen atoms in total. The standard InChI is InChI=1S/C18H22N4O3S/c1-10-7-16(18-11(2)20-22(4)12(18)3)19-14-9-15(21-26(6,23)24)17(25-5)8-13(10)14/h7-9,21H,1-6H3. The topological polar surface area (TPSA) is 86.1 Å². The van der Waals surface area contributed by atoms with E-state index in [4.69, 9.17) is 9.72 Å². The van der Waals surface area contributed by atoms with E-state index in [0.29, 0.717) is 17.0 Å². The maximum atomic E-state index is 11.7. The zero-order chi connectivity index (χ0) is 19.2. The van der Waals surface area contributed by atoms with Gasteiger partial charge in [-0.15, -0.1) is 0 Å². The van der Waals surface area contributed by atoms with Gasteiger partial charge in [0.2, 0.25) is 10.0 Å². The molecule has 138 valence electrons. The second-order valence-electron chi connectivity index (χ2n) is 6.44. The molecule has 0 aliphatic carbocycles. The minimum absolute atomic E-state index is 0.367. The first-order valence-corrected chi connectivity index (χ1v) is 9.97. The van der Waals surface area contributed by atoms with Crippen molar-refractivity contribution in [3.63, 3.8) is 0 Å². The van der Waals surface area contributed by atoms with Crippen LogP contribution in [0.2, 0.25) is 0 Å². The van der Waals surface area contributed by atoms with Gasteiger partial charge in [0.1, 0.15) is 5.75 Å². The van der Waals surface area contributed by atoms with Crippen molar-refractivity contribution in [1.29, 1.82) is 0 Å². The van der Waals surface area contributed by atoms with E-state index in [2.05, 4.69) is 9.82 Å². The van der Waals surface area contributed by atoms with Crippen molar-refractivity contribution < 1.29 is 13.2 Å². The van der Waals surface area contributed by atoms with Gasteiger partial charge < -0.3 is 4.74 Å². The van der Waals surface area contributed by atoms with Crippen LogP contribution in [0.25, 0.3) is 22.2 Å². The molecule has 0 radical (unpaired) electrons. The molecule has 3 rings (SSSR count). The maximum absolute atomic E-state index is 11.7. The largest absolute Gasteiger partial charge is 0.495 e. The Morgan fingerprint density at radius 3 is 2.38 bits per heavy atom. The highest BCUT2D eigenvalue weighted by atomic mass is 32.2. The number of ether oxygens (including phenoxy) is 1. The number of nitrogens with one attached hydrogen (secondary N) is 1. The Morgan fingerprint density at radius 2 is 1.85 bits per heavy atom. The van der Waals surface area contributed by atoms with Crippen molar-refractivity contribution in [2.75, 3.05) is 18.1 Å². The Bertz CT molecular complexity index is 1120. The molecule has 2 heterocycles. The molecule has 26 heavy (non-hydrogen) atoms. The molecule has 0 unspecified atom stereocenters. The normalized spacial score (nSPS) is 11.8. The van der Waals surface area contributed by atoms with Crippen molar-refractivity contribution >= 4 is 26.6 Å². The van der Waals surface area contributed by atoms with Crippen molar-refractivity contribution in [3.05, 3.63) is 35.2 Å². The zero-order valence-electron chi connectivity index (χ0n) is 15.7. The Balaban J connectivity index is 2.27. The summed E-state index contributed by atoms with van der Waals surface area (Å²) < 4.78 is 33.0. The molecule has 0 amide bonds. The second kappa shape index (κ2) is 6.28. The fraction of sp³-hybridized carbons (Fsp3) is 0.333. The van der Waals surface area contributed by atoms with Gasteiger partial charge in [-0.3, -0.25) is 9.40 Å². The van der Waals surface area contributed by atoms with Gasteiger partial charge >= 0.3 is 0 Å². The van der Waals surface area contributed by atoms with E-state index in [1.165, 1.54) is 7.11 Å². The number of methoxy groups -OCH3 is 1. The molecule has 0 aliphatic rings. The minimum Gasteiger partial charge on any atom is -0.495 e. The summed E-state index contributed by atoms with van der Waals surface area (Å²) in [6, 6.07) is 5.52. The molecule has 1 N–H and O–H groups in total. The van der Waals surface area contributed by atoms with E-state index < -0.39 is 10.0 Å². The number of rotatable bonds is 4. The summed E-state index contributed by atoms with van der Waals surface area (Å²) in [4.78, 5) is 4.76. The van der Waals surface area contributed by atoms with E-state index in [0.717, 1.165) is 39.9 Å². The van der Waals surface area contributed by atoms with Crippen LogP contribution in [-0.2, 0) is 17.1 Å². The molecular weight excluding hydrogens is 352 g/mol. The second-order valence-corrected chi connectivity index (χ2v) is 8.19. The Labute approximate surface area is 153 Å². The quantitative estimate of drug-likeness (QED) is 0.759. The van der Waals surface area contributed by atoms with Gasteiger partial charge in [-0.1, -0.05) is 0 Å². The van der Waals surface area contributed by atoms with Crippen molar-refractivity contribution in [1.82, 2.24) is 14.8 Å². The SMILES string of the molecule is COc1cc2c(C)cc(-c3c(C)nn(C)c3C)nc2cc1NS(C)(=O)=O. The highest BCUT2D eigenvalue weighted by Crippen LogP contribution is 2.34. The average Bonchev–Trinajstić information content (AvgIpc) is 2.77. The maximum Gasteiger partial charge on any atom is 0.229 e. The van der Waals surface area contributed by atoms with Crippen molar-refractivity contribution in [2.45, 2.75) is 20.8 Å². The van der Waals surface area contributed by atoms with Crippen LogP contribution in [0.3, 0.4) is 0 Å². The fourth-order valence-corrected chi connectivity index (χ4v) is 3.70. The van der Waals surface area contributed by atoms with Gasteiger partial charge in [-0.2, -0.15) is 5.10 Å². The smallest absolute Gasteiger partial charge is 0.229 e. The number of aromatic nitrogens is 3. The highest BCUT2D eigenvalue weighted by Gasteiger charge is 2.17. The Hall–Kier alpha value is -2.61. The van der Waals surface area contributed by atoms with E-state index >= 15 is 0 Å². The first kappa shape index (κ1) is 18.2. The zero-order valence-corrected chi connectivity index (χ0v) is 16.5. The molecule has 1 aromatic carbocycles. The summed E-state index contributed by atoms with van der Waals surface area (Å²) in [5.74, 6) is 0.453. The lowest BCUT2D eigenvalue weighted by molar-refractivity contribution is 0.417. The average molecular weight is 374 g/mol. The third kappa shape index (κ3) is 3.24. The lowest BCUT2D eigenvalue weighted by atomic mass is 10.0. The summed E-state index contributed by atoms with van der Waals surface area (Å²) in [6.07, 6.45) is 1.11. The monoisotopic (exact) mass is 374 g/mol. The third-order valence-electron chi connectivity index (χ3n) is 4.40. The lowest BCUT2D eigenvalue weighted by Crippen LogP contribution is -2.10. The molecular formula is C18H22N4O3S.